The van der Waals surface area contributed by atoms with Gasteiger partial charge in [-0.2, -0.15) is 0 Å². The molecule has 1 aromatic carbocycles. The summed E-state index contributed by atoms with van der Waals surface area (Å²) in [5, 5.41) is 13.5. The first-order valence-electron chi connectivity index (χ1n) is 8.19. The van der Waals surface area contributed by atoms with Crippen LogP contribution in [-0.4, -0.2) is 46.6 Å². The number of nitro groups is 1. The van der Waals surface area contributed by atoms with E-state index in [-0.39, 0.29) is 17.6 Å². The lowest BCUT2D eigenvalue weighted by molar-refractivity contribution is -0.384. The third-order valence-electron chi connectivity index (χ3n) is 3.83. The molecule has 1 aromatic rings. The second kappa shape index (κ2) is 7.50. The van der Waals surface area contributed by atoms with Crippen LogP contribution in [0.25, 0.3) is 0 Å². The van der Waals surface area contributed by atoms with Crippen molar-refractivity contribution in [2.75, 3.05) is 13.1 Å². The number of likely N-dealkylation sites (tertiary alicyclic amines) is 1. The number of carbonyl (C=O) groups excluding carboxylic acids is 2. The van der Waals surface area contributed by atoms with E-state index in [1.807, 2.05) is 0 Å². The summed E-state index contributed by atoms with van der Waals surface area (Å²) in [5.41, 5.74) is -0.169. The Morgan fingerprint density at radius 2 is 1.76 bits per heavy atom. The quantitative estimate of drug-likeness (QED) is 0.668. The Morgan fingerprint density at radius 3 is 2.24 bits per heavy atom. The maximum atomic E-state index is 12.4. The summed E-state index contributed by atoms with van der Waals surface area (Å²) in [6.45, 7) is 6.43. The van der Waals surface area contributed by atoms with Gasteiger partial charge in [-0.15, -0.1) is 0 Å². The van der Waals surface area contributed by atoms with Crippen LogP contribution in [0.5, 0.6) is 0 Å². The molecule has 0 spiro atoms. The molecule has 1 aliphatic heterocycles. The van der Waals surface area contributed by atoms with Crippen molar-refractivity contribution in [3.63, 3.8) is 0 Å². The highest BCUT2D eigenvalue weighted by Crippen LogP contribution is 2.17. The van der Waals surface area contributed by atoms with Crippen molar-refractivity contribution in [1.29, 1.82) is 0 Å². The minimum absolute atomic E-state index is 0.0317. The predicted molar refractivity (Wildman–Crippen MR) is 91.4 cm³/mol. The summed E-state index contributed by atoms with van der Waals surface area (Å²) >= 11 is 0. The molecule has 0 saturated carbocycles. The van der Waals surface area contributed by atoms with E-state index in [0.29, 0.717) is 31.5 Å². The highest BCUT2D eigenvalue weighted by atomic mass is 16.6. The number of rotatable bonds is 3. The number of piperidine rings is 1. The fourth-order valence-corrected chi connectivity index (χ4v) is 2.61. The number of ether oxygens (including phenoxy) is 1. The average Bonchev–Trinajstić information content (AvgIpc) is 2.53. The van der Waals surface area contributed by atoms with Gasteiger partial charge in [0.2, 0.25) is 0 Å². The molecule has 0 aromatic heterocycles. The fourth-order valence-electron chi connectivity index (χ4n) is 2.61. The molecule has 0 unspecified atom stereocenters. The number of non-ortho nitro benzene ring substituents is 1. The number of alkyl carbamates (subject to hydrolysis) is 1. The maximum Gasteiger partial charge on any atom is 0.407 e. The van der Waals surface area contributed by atoms with Crippen LogP contribution in [0, 0.1) is 10.1 Å². The average molecular weight is 349 g/mol. The van der Waals surface area contributed by atoms with Gasteiger partial charge in [-0.05, 0) is 45.7 Å². The Balaban J connectivity index is 1.86. The predicted octanol–water partition coefficient (Wildman–Crippen LogP) is 2.72. The minimum Gasteiger partial charge on any atom is -0.444 e. The molecule has 2 rings (SSSR count). The first-order chi connectivity index (χ1) is 11.7. The van der Waals surface area contributed by atoms with Crippen LogP contribution in [0.2, 0.25) is 0 Å². The lowest BCUT2D eigenvalue weighted by atomic mass is 10.0. The van der Waals surface area contributed by atoms with E-state index < -0.39 is 16.6 Å². The van der Waals surface area contributed by atoms with E-state index >= 15 is 0 Å². The molecular weight excluding hydrogens is 326 g/mol. The second-order valence-electron chi connectivity index (χ2n) is 7.02. The van der Waals surface area contributed by atoms with Crippen LogP contribution in [0.3, 0.4) is 0 Å². The number of hydrogen-bond acceptors (Lipinski definition) is 5. The van der Waals surface area contributed by atoms with Crippen LogP contribution in [-0.2, 0) is 4.74 Å². The molecule has 8 heteroatoms. The van der Waals surface area contributed by atoms with Crippen molar-refractivity contribution < 1.29 is 19.2 Å². The molecule has 1 heterocycles. The van der Waals surface area contributed by atoms with E-state index in [0.717, 1.165) is 0 Å². The zero-order valence-corrected chi connectivity index (χ0v) is 14.7. The summed E-state index contributed by atoms with van der Waals surface area (Å²) in [6, 6.07) is 5.54. The van der Waals surface area contributed by atoms with Crippen LogP contribution in [0.4, 0.5) is 10.5 Å². The summed E-state index contributed by atoms with van der Waals surface area (Å²) in [7, 11) is 0. The van der Waals surface area contributed by atoms with E-state index in [1.54, 1.807) is 25.7 Å². The first-order valence-corrected chi connectivity index (χ1v) is 8.19. The van der Waals surface area contributed by atoms with Crippen LogP contribution < -0.4 is 5.32 Å². The molecule has 2 amide bonds. The number of carbonyl (C=O) groups is 2. The Hall–Kier alpha value is -2.64. The Morgan fingerprint density at radius 1 is 1.20 bits per heavy atom. The molecular formula is C17H23N3O5. The maximum absolute atomic E-state index is 12.4. The van der Waals surface area contributed by atoms with E-state index in [2.05, 4.69) is 5.32 Å². The van der Waals surface area contributed by atoms with Gasteiger partial charge in [0.1, 0.15) is 5.60 Å². The molecule has 1 fully saturated rings. The molecule has 1 aliphatic rings. The Bertz CT molecular complexity index is 643. The normalized spacial score (nSPS) is 15.6. The van der Waals surface area contributed by atoms with Gasteiger partial charge in [-0.25, -0.2) is 4.79 Å². The van der Waals surface area contributed by atoms with Crippen molar-refractivity contribution >= 4 is 17.7 Å². The summed E-state index contributed by atoms with van der Waals surface area (Å²) in [5.74, 6) is -0.161. The largest absolute Gasteiger partial charge is 0.444 e. The van der Waals surface area contributed by atoms with Crippen molar-refractivity contribution in [1.82, 2.24) is 10.2 Å². The third-order valence-corrected chi connectivity index (χ3v) is 3.83. The van der Waals surface area contributed by atoms with E-state index in [4.69, 9.17) is 4.74 Å². The van der Waals surface area contributed by atoms with Gasteiger partial charge in [0.15, 0.2) is 0 Å². The molecule has 136 valence electrons. The van der Waals surface area contributed by atoms with Gasteiger partial charge in [0, 0.05) is 36.8 Å². The Kier molecular flexibility index (Phi) is 5.61. The van der Waals surface area contributed by atoms with Crippen molar-refractivity contribution in [2.24, 2.45) is 0 Å². The van der Waals surface area contributed by atoms with Gasteiger partial charge in [0.05, 0.1) is 4.92 Å². The fraction of sp³-hybridized carbons (Fsp3) is 0.529. The smallest absolute Gasteiger partial charge is 0.407 e. The Labute approximate surface area is 146 Å². The molecule has 1 N–H and O–H groups in total. The number of hydrogen-bond donors (Lipinski definition) is 1. The SMILES string of the molecule is CC(C)(C)OC(=O)NC1CCN(C(=O)c2ccc([N+](=O)[O-])cc2)CC1. The third kappa shape index (κ3) is 5.44. The number of nitrogens with one attached hydrogen (secondary N) is 1. The number of nitro benzene ring substituents is 1. The molecule has 0 radical (unpaired) electrons. The summed E-state index contributed by atoms with van der Waals surface area (Å²) < 4.78 is 5.23. The number of benzene rings is 1. The van der Waals surface area contributed by atoms with Gasteiger partial charge < -0.3 is 15.0 Å². The molecule has 0 aliphatic carbocycles. The zero-order valence-electron chi connectivity index (χ0n) is 14.7. The van der Waals surface area contributed by atoms with Gasteiger partial charge in [-0.1, -0.05) is 0 Å². The van der Waals surface area contributed by atoms with Gasteiger partial charge in [-0.3, -0.25) is 14.9 Å². The van der Waals surface area contributed by atoms with E-state index in [1.165, 1.54) is 24.3 Å². The highest BCUT2D eigenvalue weighted by molar-refractivity contribution is 5.94. The topological polar surface area (TPSA) is 102 Å². The molecule has 25 heavy (non-hydrogen) atoms. The van der Waals surface area contributed by atoms with Crippen molar-refractivity contribution in [2.45, 2.75) is 45.3 Å². The number of nitrogens with zero attached hydrogens (tertiary/aromatic N) is 2. The van der Waals surface area contributed by atoms with Crippen LogP contribution in [0.15, 0.2) is 24.3 Å². The summed E-state index contributed by atoms with van der Waals surface area (Å²) in [4.78, 5) is 36.1. The lowest BCUT2D eigenvalue weighted by Crippen LogP contribution is -2.47. The molecule has 8 nitrogen and oxygen atoms in total. The van der Waals surface area contributed by atoms with Crippen molar-refractivity contribution in [3.8, 4) is 0 Å². The summed E-state index contributed by atoms with van der Waals surface area (Å²) in [6.07, 6.45) is 0.822. The second-order valence-corrected chi connectivity index (χ2v) is 7.02. The monoisotopic (exact) mass is 349 g/mol. The van der Waals surface area contributed by atoms with Gasteiger partial charge in [0.25, 0.3) is 11.6 Å². The molecule has 0 bridgehead atoms. The highest BCUT2D eigenvalue weighted by Gasteiger charge is 2.26. The van der Waals surface area contributed by atoms with Crippen molar-refractivity contribution in [3.05, 3.63) is 39.9 Å². The lowest BCUT2D eigenvalue weighted by Gasteiger charge is -2.33. The molecule has 1 saturated heterocycles. The first kappa shape index (κ1) is 18.7. The van der Waals surface area contributed by atoms with Crippen LogP contribution in [0.1, 0.15) is 44.0 Å². The standard InChI is InChI=1S/C17H23N3O5/c1-17(2,3)25-16(22)18-13-8-10-19(11-9-13)15(21)12-4-6-14(7-5-12)20(23)24/h4-7,13H,8-11H2,1-3H3,(H,18,22). The zero-order chi connectivity index (χ0) is 18.6. The number of amides is 2. The van der Waals surface area contributed by atoms with E-state index in [9.17, 15) is 19.7 Å². The van der Waals surface area contributed by atoms with Crippen LogP contribution >= 0.6 is 0 Å². The van der Waals surface area contributed by atoms with Gasteiger partial charge >= 0.3 is 6.09 Å². The molecule has 0 atom stereocenters. The minimum atomic E-state index is -0.545.